The minimum Gasteiger partial charge on any atom is -0.451 e. The van der Waals surface area contributed by atoms with E-state index in [2.05, 4.69) is 20.8 Å². The monoisotopic (exact) mass is 516 g/mol. The summed E-state index contributed by atoms with van der Waals surface area (Å²) < 4.78 is 24.7. The second-order valence-electron chi connectivity index (χ2n) is 8.33. The zero-order chi connectivity index (χ0) is 24.5. The van der Waals surface area contributed by atoms with Gasteiger partial charge in [-0.25, -0.2) is 4.39 Å². The number of amides is 2. The van der Waals surface area contributed by atoms with Crippen molar-refractivity contribution in [3.05, 3.63) is 70.0 Å². The molecule has 2 heterocycles. The zero-order valence-corrected chi connectivity index (χ0v) is 19.7. The van der Waals surface area contributed by atoms with E-state index >= 15 is 0 Å². The Morgan fingerprint density at radius 1 is 0.886 bits per heavy atom. The van der Waals surface area contributed by atoms with Crippen molar-refractivity contribution < 1.29 is 22.8 Å². The van der Waals surface area contributed by atoms with Crippen LogP contribution < -0.4 is 10.6 Å². The number of fused-ring (bicyclic) bond motifs is 1. The number of halogens is 3. The third-order valence-corrected chi connectivity index (χ3v) is 6.43. The minimum atomic E-state index is -0.623. The van der Waals surface area contributed by atoms with E-state index < -0.39 is 11.7 Å². The number of carbonyl (C=O) groups excluding carboxylic acids is 2. The maximum absolute atomic E-state index is 13.7. The van der Waals surface area contributed by atoms with Gasteiger partial charge in [0.05, 0.1) is 5.02 Å². The molecule has 0 spiro atoms. The van der Waals surface area contributed by atoms with Gasteiger partial charge in [0.15, 0.2) is 5.76 Å². The number of rotatable bonds is 5. The molecule has 8 nitrogen and oxygen atoms in total. The van der Waals surface area contributed by atoms with Gasteiger partial charge in [-0.2, -0.15) is 0 Å². The lowest BCUT2D eigenvalue weighted by Crippen LogP contribution is -2.43. The summed E-state index contributed by atoms with van der Waals surface area (Å²) >= 11 is 11.7. The molecule has 0 bridgehead atoms. The van der Waals surface area contributed by atoms with E-state index in [0.717, 1.165) is 11.5 Å². The summed E-state index contributed by atoms with van der Waals surface area (Å²) in [4.78, 5) is 25.1. The van der Waals surface area contributed by atoms with Crippen LogP contribution in [0.3, 0.4) is 0 Å². The SMILES string of the molecule is O=C(NC1CCC(NC(=O)c2nnc(-c3ccc(Cl)c(F)c3)o2)CC1)c1cc2cc(Cl)ccc2o1. The van der Waals surface area contributed by atoms with E-state index in [1.165, 1.54) is 12.1 Å². The number of benzene rings is 2. The molecule has 1 aliphatic carbocycles. The van der Waals surface area contributed by atoms with Crippen LogP contribution in [0.4, 0.5) is 4.39 Å². The molecule has 1 aliphatic rings. The third kappa shape index (κ3) is 5.16. The standard InChI is InChI=1S/C24H19Cl2FN4O4/c25-14-2-8-19-13(9-14)11-20(34-19)21(32)28-15-3-5-16(6-4-15)29-22(33)24-31-30-23(35-24)12-1-7-17(26)18(27)10-12/h1-2,7-11,15-16H,3-6H2,(H,28,32)(H,29,33). The van der Waals surface area contributed by atoms with E-state index in [0.29, 0.717) is 41.9 Å². The van der Waals surface area contributed by atoms with Gasteiger partial charge in [-0.3, -0.25) is 9.59 Å². The van der Waals surface area contributed by atoms with Crippen molar-refractivity contribution in [2.45, 2.75) is 37.8 Å². The molecular weight excluding hydrogens is 498 g/mol. The van der Waals surface area contributed by atoms with E-state index in [1.54, 1.807) is 24.3 Å². The molecule has 2 N–H and O–H groups in total. The summed E-state index contributed by atoms with van der Waals surface area (Å²) in [7, 11) is 0. The maximum atomic E-state index is 13.7. The van der Waals surface area contributed by atoms with E-state index in [1.807, 2.05) is 0 Å². The van der Waals surface area contributed by atoms with Gasteiger partial charge < -0.3 is 19.5 Å². The Morgan fingerprint density at radius 3 is 2.31 bits per heavy atom. The number of nitrogens with zero attached hydrogens (tertiary/aromatic N) is 2. The highest BCUT2D eigenvalue weighted by molar-refractivity contribution is 6.31. The lowest BCUT2D eigenvalue weighted by Gasteiger charge is -2.29. The van der Waals surface area contributed by atoms with Crippen LogP contribution in [-0.2, 0) is 0 Å². The fourth-order valence-corrected chi connectivity index (χ4v) is 4.37. The van der Waals surface area contributed by atoms with Crippen molar-refractivity contribution in [3.8, 4) is 11.5 Å². The van der Waals surface area contributed by atoms with Crippen molar-refractivity contribution in [1.82, 2.24) is 20.8 Å². The summed E-state index contributed by atoms with van der Waals surface area (Å²) in [6.07, 6.45) is 2.69. The number of aromatic nitrogens is 2. The lowest BCUT2D eigenvalue weighted by molar-refractivity contribution is 0.0862. The summed E-state index contributed by atoms with van der Waals surface area (Å²) in [5, 5.41) is 14.7. The highest BCUT2D eigenvalue weighted by Crippen LogP contribution is 2.25. The van der Waals surface area contributed by atoms with Crippen molar-refractivity contribution >= 4 is 46.0 Å². The average molecular weight is 517 g/mol. The summed E-state index contributed by atoms with van der Waals surface area (Å²) in [5.74, 6) is -1.39. The molecule has 2 amide bonds. The molecule has 1 fully saturated rings. The maximum Gasteiger partial charge on any atom is 0.309 e. The fourth-order valence-electron chi connectivity index (χ4n) is 4.07. The molecule has 1 saturated carbocycles. The molecule has 0 atom stereocenters. The van der Waals surface area contributed by atoms with Gasteiger partial charge >= 0.3 is 11.8 Å². The van der Waals surface area contributed by atoms with Crippen LogP contribution >= 0.6 is 23.2 Å². The Kier molecular flexibility index (Phi) is 6.44. The number of carbonyl (C=O) groups is 2. The predicted molar refractivity (Wildman–Crippen MR) is 127 cm³/mol. The topological polar surface area (TPSA) is 110 Å². The first kappa shape index (κ1) is 23.3. The highest BCUT2D eigenvalue weighted by atomic mass is 35.5. The van der Waals surface area contributed by atoms with Gasteiger partial charge in [0.25, 0.3) is 5.91 Å². The number of hydrogen-bond donors (Lipinski definition) is 2. The second kappa shape index (κ2) is 9.67. The second-order valence-corrected chi connectivity index (χ2v) is 9.17. The summed E-state index contributed by atoms with van der Waals surface area (Å²) in [6.45, 7) is 0. The van der Waals surface area contributed by atoms with E-state index in [9.17, 15) is 14.0 Å². The fraction of sp³-hybridized carbons (Fsp3) is 0.250. The van der Waals surface area contributed by atoms with Gasteiger partial charge in [-0.1, -0.05) is 23.2 Å². The van der Waals surface area contributed by atoms with Crippen LogP contribution in [0.2, 0.25) is 10.0 Å². The molecule has 2 aromatic heterocycles. The van der Waals surface area contributed by atoms with Crippen LogP contribution in [0.25, 0.3) is 22.4 Å². The van der Waals surface area contributed by atoms with Gasteiger partial charge in [0.1, 0.15) is 11.4 Å². The molecule has 180 valence electrons. The summed E-state index contributed by atoms with van der Waals surface area (Å²) in [6, 6.07) is 10.8. The smallest absolute Gasteiger partial charge is 0.309 e. The van der Waals surface area contributed by atoms with Crippen LogP contribution in [0, 0.1) is 5.82 Å². The Morgan fingerprint density at radius 2 is 1.60 bits per heavy atom. The van der Waals surface area contributed by atoms with Crippen LogP contribution in [0.5, 0.6) is 0 Å². The third-order valence-electron chi connectivity index (χ3n) is 5.89. The van der Waals surface area contributed by atoms with Crippen molar-refractivity contribution in [3.63, 3.8) is 0 Å². The van der Waals surface area contributed by atoms with Crippen molar-refractivity contribution in [1.29, 1.82) is 0 Å². The number of furan rings is 1. The van der Waals surface area contributed by atoms with Gasteiger partial charge in [-0.15, -0.1) is 10.2 Å². The molecule has 2 aromatic carbocycles. The molecular formula is C24H19Cl2FN4O4. The normalized spacial score (nSPS) is 17.9. The largest absolute Gasteiger partial charge is 0.451 e. The first-order chi connectivity index (χ1) is 16.9. The van der Waals surface area contributed by atoms with Crippen LogP contribution in [0.1, 0.15) is 46.9 Å². The molecule has 0 unspecified atom stereocenters. The lowest BCUT2D eigenvalue weighted by atomic mass is 9.91. The Balaban J connectivity index is 1.13. The van der Waals surface area contributed by atoms with Gasteiger partial charge in [0, 0.05) is 28.1 Å². The van der Waals surface area contributed by atoms with Crippen molar-refractivity contribution in [2.75, 3.05) is 0 Å². The molecule has 11 heteroatoms. The molecule has 0 radical (unpaired) electrons. The predicted octanol–water partition coefficient (Wildman–Crippen LogP) is 5.40. The average Bonchev–Trinajstić information content (AvgIpc) is 3.49. The quantitative estimate of drug-likeness (QED) is 0.367. The first-order valence-electron chi connectivity index (χ1n) is 11.0. The molecule has 4 aromatic rings. The minimum absolute atomic E-state index is 0.0185. The van der Waals surface area contributed by atoms with Crippen LogP contribution in [-0.4, -0.2) is 34.1 Å². The molecule has 0 saturated heterocycles. The highest BCUT2D eigenvalue weighted by Gasteiger charge is 2.27. The van der Waals surface area contributed by atoms with Gasteiger partial charge in [-0.05, 0) is 68.1 Å². The molecule has 35 heavy (non-hydrogen) atoms. The number of hydrogen-bond acceptors (Lipinski definition) is 6. The Labute approximate surface area is 208 Å². The van der Waals surface area contributed by atoms with Gasteiger partial charge in [0.2, 0.25) is 5.89 Å². The Bertz CT molecular complexity index is 1410. The first-order valence-corrected chi connectivity index (χ1v) is 11.7. The van der Waals surface area contributed by atoms with Crippen LogP contribution in [0.15, 0.2) is 51.3 Å². The Hall–Kier alpha value is -3.43. The zero-order valence-electron chi connectivity index (χ0n) is 18.2. The molecule has 0 aliphatic heterocycles. The van der Waals surface area contributed by atoms with Crippen molar-refractivity contribution in [2.24, 2.45) is 0 Å². The molecule has 5 rings (SSSR count). The van der Waals surface area contributed by atoms with E-state index in [4.69, 9.17) is 32.0 Å². The number of nitrogens with one attached hydrogen (secondary N) is 2. The van der Waals surface area contributed by atoms with E-state index in [-0.39, 0.29) is 40.6 Å². The summed E-state index contributed by atoms with van der Waals surface area (Å²) in [5.41, 5.74) is 0.915.